The Morgan fingerprint density at radius 1 is 1.00 bits per heavy atom. The third kappa shape index (κ3) is 4.75. The molecule has 0 fully saturated rings. The molecule has 0 aliphatic heterocycles. The highest BCUT2D eigenvalue weighted by molar-refractivity contribution is 7.94. The molecule has 1 heterocycles. The van der Waals surface area contributed by atoms with E-state index in [1.807, 2.05) is 31.2 Å². The second-order valence-corrected chi connectivity index (χ2v) is 9.04. The van der Waals surface area contributed by atoms with E-state index in [4.69, 9.17) is 16.3 Å². The van der Waals surface area contributed by atoms with Crippen molar-refractivity contribution in [3.05, 3.63) is 76.1 Å². The molecule has 3 aromatic rings. The zero-order chi connectivity index (χ0) is 17.9. The second-order valence-electron chi connectivity index (χ2n) is 5.41. The first-order chi connectivity index (χ1) is 11.9. The van der Waals surface area contributed by atoms with Crippen molar-refractivity contribution in [1.82, 2.24) is 0 Å². The number of sulfonamides is 1. The standard InChI is InChI=1S/C18H16ClNO3S2/c1-13-2-11-18(24-13)25(21,22)20-16-7-9-17(10-8-16)23-12-14-3-5-15(19)6-4-14/h2-11,20H,12H2,1H3. The van der Waals surface area contributed by atoms with Crippen molar-refractivity contribution in [2.24, 2.45) is 0 Å². The minimum Gasteiger partial charge on any atom is -0.489 e. The van der Waals surface area contributed by atoms with Crippen LogP contribution in [-0.2, 0) is 16.6 Å². The van der Waals surface area contributed by atoms with Crippen LogP contribution in [0.25, 0.3) is 0 Å². The van der Waals surface area contributed by atoms with Gasteiger partial charge in [0, 0.05) is 15.6 Å². The molecule has 0 bridgehead atoms. The number of benzene rings is 2. The molecule has 0 saturated carbocycles. The highest BCUT2D eigenvalue weighted by Gasteiger charge is 2.16. The van der Waals surface area contributed by atoms with Gasteiger partial charge < -0.3 is 4.74 Å². The third-order valence-corrected chi connectivity index (χ3v) is 6.53. The fourth-order valence-corrected chi connectivity index (χ4v) is 4.60. The van der Waals surface area contributed by atoms with E-state index in [2.05, 4.69) is 4.72 Å². The first-order valence-corrected chi connectivity index (χ1v) is 10.2. The Hall–Kier alpha value is -2.02. The van der Waals surface area contributed by atoms with E-state index in [0.29, 0.717) is 27.3 Å². The summed E-state index contributed by atoms with van der Waals surface area (Å²) in [5.41, 5.74) is 1.49. The summed E-state index contributed by atoms with van der Waals surface area (Å²) in [4.78, 5) is 0.950. The average molecular weight is 394 g/mol. The predicted molar refractivity (Wildman–Crippen MR) is 102 cm³/mol. The summed E-state index contributed by atoms with van der Waals surface area (Å²) >= 11 is 7.09. The van der Waals surface area contributed by atoms with E-state index < -0.39 is 10.0 Å². The van der Waals surface area contributed by atoms with Crippen molar-refractivity contribution < 1.29 is 13.2 Å². The molecule has 7 heteroatoms. The third-order valence-electron chi connectivity index (χ3n) is 3.41. The Morgan fingerprint density at radius 3 is 2.28 bits per heavy atom. The SMILES string of the molecule is Cc1ccc(S(=O)(=O)Nc2ccc(OCc3ccc(Cl)cc3)cc2)s1. The van der Waals surface area contributed by atoms with Gasteiger partial charge in [0.2, 0.25) is 0 Å². The van der Waals surface area contributed by atoms with Crippen LogP contribution in [0.4, 0.5) is 5.69 Å². The monoisotopic (exact) mass is 393 g/mol. The van der Waals surface area contributed by atoms with E-state index in [1.54, 1.807) is 36.4 Å². The molecule has 0 saturated heterocycles. The Balaban J connectivity index is 1.63. The highest BCUT2D eigenvalue weighted by Crippen LogP contribution is 2.24. The summed E-state index contributed by atoms with van der Waals surface area (Å²) in [5, 5.41) is 0.682. The van der Waals surface area contributed by atoms with E-state index in [-0.39, 0.29) is 0 Å². The van der Waals surface area contributed by atoms with Crippen LogP contribution in [0.2, 0.25) is 5.02 Å². The van der Waals surface area contributed by atoms with Gasteiger partial charge in [-0.05, 0) is 61.0 Å². The quantitative estimate of drug-likeness (QED) is 0.634. The first kappa shape index (κ1) is 17.8. The molecular formula is C18H16ClNO3S2. The highest BCUT2D eigenvalue weighted by atomic mass is 35.5. The summed E-state index contributed by atoms with van der Waals surface area (Å²) in [5.74, 6) is 0.657. The van der Waals surface area contributed by atoms with Crippen molar-refractivity contribution in [2.75, 3.05) is 4.72 Å². The average Bonchev–Trinajstić information content (AvgIpc) is 3.03. The Kier molecular flexibility index (Phi) is 5.32. The summed E-state index contributed by atoms with van der Waals surface area (Å²) in [6.07, 6.45) is 0. The lowest BCUT2D eigenvalue weighted by atomic mass is 10.2. The first-order valence-electron chi connectivity index (χ1n) is 7.49. The van der Waals surface area contributed by atoms with Crippen molar-refractivity contribution in [3.8, 4) is 5.75 Å². The van der Waals surface area contributed by atoms with E-state index in [0.717, 1.165) is 10.4 Å². The number of halogens is 1. The maximum absolute atomic E-state index is 12.3. The normalized spacial score (nSPS) is 11.3. The molecule has 130 valence electrons. The number of hydrogen-bond acceptors (Lipinski definition) is 4. The van der Waals surface area contributed by atoms with E-state index >= 15 is 0 Å². The van der Waals surface area contributed by atoms with Crippen LogP contribution in [-0.4, -0.2) is 8.42 Å². The van der Waals surface area contributed by atoms with E-state index in [1.165, 1.54) is 11.3 Å². The molecule has 0 radical (unpaired) electrons. The maximum Gasteiger partial charge on any atom is 0.271 e. The number of rotatable bonds is 6. The lowest BCUT2D eigenvalue weighted by molar-refractivity contribution is 0.306. The van der Waals surface area contributed by atoms with Gasteiger partial charge in [0.25, 0.3) is 10.0 Å². The zero-order valence-electron chi connectivity index (χ0n) is 13.4. The molecule has 1 aromatic heterocycles. The summed E-state index contributed by atoms with van der Waals surface area (Å²) in [7, 11) is -3.55. The zero-order valence-corrected chi connectivity index (χ0v) is 15.8. The van der Waals surface area contributed by atoms with Crippen molar-refractivity contribution in [2.45, 2.75) is 17.7 Å². The van der Waals surface area contributed by atoms with Gasteiger partial charge in [-0.3, -0.25) is 4.72 Å². The van der Waals surface area contributed by atoms with Gasteiger partial charge in [-0.2, -0.15) is 0 Å². The van der Waals surface area contributed by atoms with Crippen molar-refractivity contribution >= 4 is 38.6 Å². The van der Waals surface area contributed by atoms with Gasteiger partial charge in [0.15, 0.2) is 0 Å². The summed E-state index contributed by atoms with van der Waals surface area (Å²) < 4.78 is 33.1. The van der Waals surface area contributed by atoms with Crippen LogP contribution >= 0.6 is 22.9 Å². The second kappa shape index (κ2) is 7.47. The summed E-state index contributed by atoms with van der Waals surface area (Å²) in [6, 6.07) is 17.6. The summed E-state index contributed by atoms with van der Waals surface area (Å²) in [6.45, 7) is 2.28. The van der Waals surface area contributed by atoms with Crippen LogP contribution in [0.1, 0.15) is 10.4 Å². The molecule has 2 aromatic carbocycles. The van der Waals surface area contributed by atoms with Gasteiger partial charge in [-0.15, -0.1) is 11.3 Å². The molecule has 4 nitrogen and oxygen atoms in total. The van der Waals surface area contributed by atoms with Gasteiger partial charge in [0.1, 0.15) is 16.6 Å². The topological polar surface area (TPSA) is 55.4 Å². The number of hydrogen-bond donors (Lipinski definition) is 1. The van der Waals surface area contributed by atoms with Crippen LogP contribution in [0.5, 0.6) is 5.75 Å². The van der Waals surface area contributed by atoms with Gasteiger partial charge in [0.05, 0.1) is 0 Å². The number of aryl methyl sites for hydroxylation is 1. The van der Waals surface area contributed by atoms with Crippen LogP contribution < -0.4 is 9.46 Å². The smallest absolute Gasteiger partial charge is 0.271 e. The fraction of sp³-hybridized carbons (Fsp3) is 0.111. The molecule has 1 N–H and O–H groups in total. The molecule has 0 amide bonds. The van der Waals surface area contributed by atoms with Crippen molar-refractivity contribution in [3.63, 3.8) is 0 Å². The maximum atomic E-state index is 12.3. The lowest BCUT2D eigenvalue weighted by Crippen LogP contribution is -2.11. The number of ether oxygens (including phenoxy) is 1. The molecular weight excluding hydrogens is 378 g/mol. The van der Waals surface area contributed by atoms with Crippen LogP contribution in [0.3, 0.4) is 0 Å². The number of anilines is 1. The van der Waals surface area contributed by atoms with Crippen LogP contribution in [0, 0.1) is 6.92 Å². The van der Waals surface area contributed by atoms with Crippen molar-refractivity contribution in [1.29, 1.82) is 0 Å². The number of thiophene rings is 1. The van der Waals surface area contributed by atoms with Gasteiger partial charge >= 0.3 is 0 Å². The lowest BCUT2D eigenvalue weighted by Gasteiger charge is -2.09. The molecule has 0 spiro atoms. The molecule has 0 atom stereocenters. The Labute approximate surface area is 156 Å². The minimum atomic E-state index is -3.55. The van der Waals surface area contributed by atoms with Gasteiger partial charge in [-0.25, -0.2) is 8.42 Å². The molecule has 0 aliphatic carbocycles. The molecule has 25 heavy (non-hydrogen) atoms. The van der Waals surface area contributed by atoms with Crippen LogP contribution in [0.15, 0.2) is 64.9 Å². The van der Waals surface area contributed by atoms with E-state index in [9.17, 15) is 8.42 Å². The molecule has 0 aliphatic rings. The predicted octanol–water partition coefficient (Wildman–Crippen LogP) is 5.09. The molecule has 0 unspecified atom stereocenters. The Morgan fingerprint density at radius 2 is 1.68 bits per heavy atom. The minimum absolute atomic E-state index is 0.299. The van der Waals surface area contributed by atoms with Gasteiger partial charge in [-0.1, -0.05) is 23.7 Å². The fourth-order valence-electron chi connectivity index (χ4n) is 2.13. The molecule has 3 rings (SSSR count). The Bertz CT molecular complexity index is 949. The number of nitrogens with one attached hydrogen (secondary N) is 1. The largest absolute Gasteiger partial charge is 0.489 e.